The van der Waals surface area contributed by atoms with Gasteiger partial charge in [0.05, 0.1) is 5.33 Å². The van der Waals surface area contributed by atoms with Crippen molar-refractivity contribution in [1.29, 1.82) is 0 Å². The summed E-state index contributed by atoms with van der Waals surface area (Å²) in [5.74, 6) is 0.0165. The zero-order valence-electron chi connectivity index (χ0n) is 12.6. The molecular weight excluding hydrogens is 348 g/mol. The highest BCUT2D eigenvalue weighted by molar-refractivity contribution is 9.09. The van der Waals surface area contributed by atoms with Crippen LogP contribution in [-0.4, -0.2) is 30.4 Å². The van der Waals surface area contributed by atoms with E-state index in [2.05, 4.69) is 26.6 Å². The molecule has 2 N–H and O–H groups in total. The van der Waals surface area contributed by atoms with E-state index in [4.69, 9.17) is 4.74 Å². The maximum atomic E-state index is 11.5. The van der Waals surface area contributed by atoms with E-state index in [0.29, 0.717) is 25.0 Å². The lowest BCUT2D eigenvalue weighted by Crippen LogP contribution is -2.26. The van der Waals surface area contributed by atoms with E-state index in [0.717, 1.165) is 31.2 Å². The lowest BCUT2D eigenvalue weighted by molar-refractivity contribution is -0.118. The molecule has 0 aliphatic heterocycles. The summed E-state index contributed by atoms with van der Waals surface area (Å²) in [5.41, 5.74) is 0.975. The summed E-state index contributed by atoms with van der Waals surface area (Å²) in [7, 11) is 0. The Kier molecular flexibility index (Phi) is 10.1. The summed E-state index contributed by atoms with van der Waals surface area (Å²) in [5, 5.41) is 5.88. The average Bonchev–Trinajstić information content (AvgIpc) is 2.56. The van der Waals surface area contributed by atoms with Crippen LogP contribution in [0.5, 0.6) is 0 Å². The van der Waals surface area contributed by atoms with E-state index >= 15 is 0 Å². The van der Waals surface area contributed by atoms with Gasteiger partial charge in [-0.1, -0.05) is 59.1 Å². The summed E-state index contributed by atoms with van der Waals surface area (Å²) in [6.07, 6.45) is 3.53. The van der Waals surface area contributed by atoms with Gasteiger partial charge in [-0.15, -0.1) is 0 Å². The third kappa shape index (κ3) is 9.39. The van der Waals surface area contributed by atoms with E-state index in [1.165, 1.54) is 0 Å². The van der Waals surface area contributed by atoms with Crippen LogP contribution in [0.15, 0.2) is 30.3 Å². The second-order valence-electron chi connectivity index (χ2n) is 4.89. The van der Waals surface area contributed by atoms with Crippen LogP contribution in [0.1, 0.15) is 31.2 Å². The minimum absolute atomic E-state index is 0.0165. The van der Waals surface area contributed by atoms with Crippen LogP contribution in [0.3, 0.4) is 0 Å². The Balaban J connectivity index is 1.92. The van der Waals surface area contributed by atoms with Gasteiger partial charge in [0.2, 0.25) is 5.91 Å². The van der Waals surface area contributed by atoms with Crippen LogP contribution in [0.2, 0.25) is 0 Å². The number of unbranched alkanes of at least 4 members (excludes halogenated alkanes) is 3. The number of halogens is 1. The quantitative estimate of drug-likeness (QED) is 0.491. The Morgan fingerprint density at radius 2 is 1.59 bits per heavy atom. The zero-order chi connectivity index (χ0) is 16.0. The lowest BCUT2D eigenvalue weighted by Gasteiger charge is -2.07. The normalized spacial score (nSPS) is 10.0. The number of rotatable bonds is 10. The smallest absolute Gasteiger partial charge is 0.407 e. The molecule has 0 aliphatic carbocycles. The number of benzene rings is 1. The molecule has 0 bridgehead atoms. The zero-order valence-corrected chi connectivity index (χ0v) is 14.2. The summed E-state index contributed by atoms with van der Waals surface area (Å²) in [6.45, 7) is 1.61. The van der Waals surface area contributed by atoms with Crippen LogP contribution in [-0.2, 0) is 16.1 Å². The Hall–Kier alpha value is -1.56. The molecule has 0 radical (unpaired) electrons. The molecule has 0 aromatic heterocycles. The summed E-state index contributed by atoms with van der Waals surface area (Å²) in [6, 6.07) is 9.59. The highest BCUT2D eigenvalue weighted by Gasteiger charge is 2.01. The number of hydrogen-bond acceptors (Lipinski definition) is 3. The molecule has 0 saturated heterocycles. The van der Waals surface area contributed by atoms with E-state index < -0.39 is 0 Å². The van der Waals surface area contributed by atoms with Gasteiger partial charge >= 0.3 is 6.09 Å². The van der Waals surface area contributed by atoms with Crippen molar-refractivity contribution in [3.8, 4) is 0 Å². The predicted molar refractivity (Wildman–Crippen MR) is 89.9 cm³/mol. The Labute approximate surface area is 139 Å². The monoisotopic (exact) mass is 370 g/mol. The van der Waals surface area contributed by atoms with Gasteiger partial charge in [-0.3, -0.25) is 4.79 Å². The number of hydrogen-bond donors (Lipinski definition) is 2. The Bertz CT molecular complexity index is 440. The number of amides is 2. The van der Waals surface area contributed by atoms with Gasteiger partial charge in [-0.05, 0) is 18.4 Å². The van der Waals surface area contributed by atoms with Crippen molar-refractivity contribution in [1.82, 2.24) is 10.6 Å². The molecule has 0 aliphatic rings. The standard InChI is InChI=1S/C16H23BrN2O3/c17-12-15(20)18-10-6-1-2-7-11-19-16(21)22-13-14-8-4-3-5-9-14/h3-5,8-9H,1-2,6-7,10-13H2,(H,18,20)(H,19,21). The lowest BCUT2D eigenvalue weighted by atomic mass is 10.2. The first kappa shape index (κ1) is 18.5. The minimum atomic E-state index is -0.381. The number of carbonyl (C=O) groups is 2. The second kappa shape index (κ2) is 12.0. The average molecular weight is 371 g/mol. The van der Waals surface area contributed by atoms with Gasteiger partial charge < -0.3 is 15.4 Å². The highest BCUT2D eigenvalue weighted by atomic mass is 79.9. The fourth-order valence-electron chi connectivity index (χ4n) is 1.84. The molecule has 2 amide bonds. The van der Waals surface area contributed by atoms with Gasteiger partial charge in [0, 0.05) is 13.1 Å². The summed E-state index contributed by atoms with van der Waals surface area (Å²) >= 11 is 3.10. The van der Waals surface area contributed by atoms with Crippen molar-refractivity contribution in [3.05, 3.63) is 35.9 Å². The van der Waals surface area contributed by atoms with Crippen LogP contribution >= 0.6 is 15.9 Å². The molecule has 1 rings (SSSR count). The molecule has 0 atom stereocenters. The molecule has 1 aromatic rings. The van der Waals surface area contributed by atoms with Crippen molar-refractivity contribution in [3.63, 3.8) is 0 Å². The molecule has 1 aromatic carbocycles. The van der Waals surface area contributed by atoms with Gasteiger partial charge in [0.15, 0.2) is 0 Å². The Morgan fingerprint density at radius 1 is 0.955 bits per heavy atom. The van der Waals surface area contributed by atoms with E-state index in [1.54, 1.807) is 0 Å². The topological polar surface area (TPSA) is 67.4 Å². The van der Waals surface area contributed by atoms with Gasteiger partial charge in [-0.25, -0.2) is 4.79 Å². The minimum Gasteiger partial charge on any atom is -0.445 e. The molecule has 6 heteroatoms. The number of carbonyl (C=O) groups excluding carboxylic acids is 2. The fourth-order valence-corrected chi connectivity index (χ4v) is 2.04. The number of alkyl halides is 1. The number of nitrogens with one attached hydrogen (secondary N) is 2. The molecular formula is C16H23BrN2O3. The largest absolute Gasteiger partial charge is 0.445 e. The van der Waals surface area contributed by atoms with Crippen molar-refractivity contribution in [2.24, 2.45) is 0 Å². The third-order valence-electron chi connectivity index (χ3n) is 3.03. The third-order valence-corrected chi connectivity index (χ3v) is 3.54. The molecule has 0 unspecified atom stereocenters. The molecule has 5 nitrogen and oxygen atoms in total. The van der Waals surface area contributed by atoms with Crippen LogP contribution in [0, 0.1) is 0 Å². The van der Waals surface area contributed by atoms with Gasteiger partial charge in [-0.2, -0.15) is 0 Å². The molecule has 0 heterocycles. The van der Waals surface area contributed by atoms with Crippen molar-refractivity contribution < 1.29 is 14.3 Å². The predicted octanol–water partition coefficient (Wildman–Crippen LogP) is 2.98. The van der Waals surface area contributed by atoms with E-state index in [9.17, 15) is 9.59 Å². The molecule has 0 spiro atoms. The second-order valence-corrected chi connectivity index (χ2v) is 5.45. The fraction of sp³-hybridized carbons (Fsp3) is 0.500. The molecule has 122 valence electrons. The SMILES string of the molecule is O=C(CBr)NCCCCCCNC(=O)OCc1ccccc1. The Morgan fingerprint density at radius 3 is 2.23 bits per heavy atom. The highest BCUT2D eigenvalue weighted by Crippen LogP contribution is 2.01. The first-order valence-electron chi connectivity index (χ1n) is 7.49. The molecule has 22 heavy (non-hydrogen) atoms. The molecule has 0 fully saturated rings. The van der Waals surface area contributed by atoms with E-state index in [1.807, 2.05) is 30.3 Å². The van der Waals surface area contributed by atoms with Crippen molar-refractivity contribution >= 4 is 27.9 Å². The number of alkyl carbamates (subject to hydrolysis) is 1. The summed E-state index contributed by atoms with van der Waals surface area (Å²) < 4.78 is 5.11. The number of ether oxygens (including phenoxy) is 1. The first-order chi connectivity index (χ1) is 10.7. The van der Waals surface area contributed by atoms with Crippen LogP contribution < -0.4 is 10.6 Å². The van der Waals surface area contributed by atoms with Crippen LogP contribution in [0.4, 0.5) is 4.79 Å². The molecule has 0 saturated carbocycles. The van der Waals surface area contributed by atoms with Crippen LogP contribution in [0.25, 0.3) is 0 Å². The van der Waals surface area contributed by atoms with Crippen molar-refractivity contribution in [2.45, 2.75) is 32.3 Å². The first-order valence-corrected chi connectivity index (χ1v) is 8.61. The van der Waals surface area contributed by atoms with Crippen molar-refractivity contribution in [2.75, 3.05) is 18.4 Å². The van der Waals surface area contributed by atoms with Gasteiger partial charge in [0.1, 0.15) is 6.61 Å². The van der Waals surface area contributed by atoms with E-state index in [-0.39, 0.29) is 12.0 Å². The summed E-state index contributed by atoms with van der Waals surface area (Å²) in [4.78, 5) is 22.4. The maximum absolute atomic E-state index is 11.5. The van der Waals surface area contributed by atoms with Gasteiger partial charge in [0.25, 0.3) is 0 Å². The maximum Gasteiger partial charge on any atom is 0.407 e.